The number of benzene rings is 2. The van der Waals surface area contributed by atoms with Gasteiger partial charge in [0.15, 0.2) is 17.5 Å². The number of halogens is 2. The maximum absolute atomic E-state index is 14.6. The molecule has 0 spiro atoms. The molecule has 218 valence electrons. The summed E-state index contributed by atoms with van der Waals surface area (Å²) in [4.78, 5) is 22.0. The van der Waals surface area contributed by atoms with Crippen molar-refractivity contribution in [3.05, 3.63) is 66.0 Å². The Morgan fingerprint density at radius 1 is 0.951 bits per heavy atom. The van der Waals surface area contributed by atoms with Gasteiger partial charge in [-0.1, -0.05) is 12.1 Å². The Bertz CT molecular complexity index is 1350. The van der Waals surface area contributed by atoms with Crippen LogP contribution in [-0.4, -0.2) is 85.8 Å². The van der Waals surface area contributed by atoms with Crippen LogP contribution in [0.2, 0.25) is 0 Å². The van der Waals surface area contributed by atoms with Crippen molar-refractivity contribution in [1.29, 1.82) is 0 Å². The zero-order valence-corrected chi connectivity index (χ0v) is 23.6. The monoisotopic (exact) mass is 565 g/mol. The fraction of sp³-hybridized carbons (Fsp3) is 0.467. The lowest BCUT2D eigenvalue weighted by Crippen LogP contribution is -2.52. The van der Waals surface area contributed by atoms with Crippen molar-refractivity contribution in [3.63, 3.8) is 0 Å². The van der Waals surface area contributed by atoms with E-state index >= 15 is 0 Å². The first-order valence-electron chi connectivity index (χ1n) is 14.3. The molecule has 0 radical (unpaired) electrons. The zero-order chi connectivity index (χ0) is 28.3. The molecule has 3 aliphatic heterocycles. The van der Waals surface area contributed by atoms with Crippen LogP contribution < -0.4 is 20.0 Å². The van der Waals surface area contributed by atoms with Crippen LogP contribution in [0.5, 0.6) is 5.75 Å². The summed E-state index contributed by atoms with van der Waals surface area (Å²) in [5.41, 5.74) is 2.14. The number of hydrogen-bond acceptors (Lipinski definition) is 9. The van der Waals surface area contributed by atoms with Gasteiger partial charge in [-0.3, -0.25) is 9.74 Å². The fourth-order valence-electron chi connectivity index (χ4n) is 6.09. The van der Waals surface area contributed by atoms with Crippen LogP contribution >= 0.6 is 0 Å². The highest BCUT2D eigenvalue weighted by atomic mass is 19.2. The Balaban J connectivity index is 1.13. The van der Waals surface area contributed by atoms with E-state index in [1.807, 2.05) is 6.07 Å². The van der Waals surface area contributed by atoms with Gasteiger partial charge >= 0.3 is 0 Å². The minimum absolute atomic E-state index is 0.237. The minimum atomic E-state index is -0.880. The van der Waals surface area contributed by atoms with E-state index in [1.54, 1.807) is 19.2 Å². The summed E-state index contributed by atoms with van der Waals surface area (Å²) in [5, 5.41) is 4.85. The summed E-state index contributed by atoms with van der Waals surface area (Å²) >= 11 is 0. The molecule has 11 heteroatoms. The highest BCUT2D eigenvalue weighted by molar-refractivity contribution is 5.70. The number of piperidine rings is 1. The lowest BCUT2D eigenvalue weighted by Gasteiger charge is -2.42. The Morgan fingerprint density at radius 3 is 2.54 bits per heavy atom. The molecule has 3 fully saturated rings. The van der Waals surface area contributed by atoms with Gasteiger partial charge in [-0.2, -0.15) is 0 Å². The van der Waals surface area contributed by atoms with E-state index in [9.17, 15) is 8.78 Å². The second kappa shape index (κ2) is 12.1. The van der Waals surface area contributed by atoms with Gasteiger partial charge in [0.25, 0.3) is 0 Å². The van der Waals surface area contributed by atoms with Gasteiger partial charge in [0.1, 0.15) is 17.9 Å². The normalized spacial score (nSPS) is 20.9. The minimum Gasteiger partial charge on any atom is -0.494 e. The molecule has 0 bridgehead atoms. The van der Waals surface area contributed by atoms with Crippen molar-refractivity contribution in [2.24, 2.45) is 0 Å². The smallest absolute Gasteiger partial charge is 0.164 e. The van der Waals surface area contributed by atoms with Gasteiger partial charge in [0, 0.05) is 75.1 Å². The van der Waals surface area contributed by atoms with E-state index in [1.165, 1.54) is 17.5 Å². The second-order valence-corrected chi connectivity index (χ2v) is 10.9. The zero-order valence-electron chi connectivity index (χ0n) is 23.6. The summed E-state index contributed by atoms with van der Waals surface area (Å²) < 4.78 is 34.2. The van der Waals surface area contributed by atoms with Crippen LogP contribution in [0.25, 0.3) is 0 Å². The highest BCUT2D eigenvalue weighted by Crippen LogP contribution is 2.37. The van der Waals surface area contributed by atoms with Gasteiger partial charge in [-0.25, -0.2) is 23.8 Å². The first-order chi connectivity index (χ1) is 20.0. The summed E-state index contributed by atoms with van der Waals surface area (Å²) in [5.74, 6) is -0.0559. The third-order valence-electron chi connectivity index (χ3n) is 8.46. The first kappa shape index (κ1) is 27.6. The molecular weight excluding hydrogens is 528 g/mol. The number of likely N-dealkylation sites (N-methyl/N-ethyl adjacent to an activating group) is 1. The molecule has 1 N–H and O–H groups in total. The maximum Gasteiger partial charge on any atom is 0.164 e. The first-order valence-corrected chi connectivity index (χ1v) is 14.3. The van der Waals surface area contributed by atoms with E-state index in [-0.39, 0.29) is 5.56 Å². The molecule has 1 aromatic heterocycles. The Kier molecular flexibility index (Phi) is 8.18. The van der Waals surface area contributed by atoms with Crippen molar-refractivity contribution < 1.29 is 18.4 Å². The standard InChI is InChI=1S/C30H37F2N7O2/c1-36-13-15-38(16-14-36)21-8-11-37(12-9-21)22-6-7-25(27(18-22)40-2)35-28-19-29(34-20-33-28)39-26(10-17-41-39)23-4-3-5-24(31)30(23)32/h3-7,18-21,26H,8-17H2,1-2H3,(H,33,34,35). The summed E-state index contributed by atoms with van der Waals surface area (Å²) in [6, 6.07) is 12.2. The number of rotatable bonds is 7. The van der Waals surface area contributed by atoms with Crippen LogP contribution in [0.1, 0.15) is 30.9 Å². The highest BCUT2D eigenvalue weighted by Gasteiger charge is 2.32. The number of nitrogens with zero attached hydrogens (tertiary/aromatic N) is 6. The lowest BCUT2D eigenvalue weighted by atomic mass is 10.0. The molecule has 3 aromatic rings. The van der Waals surface area contributed by atoms with Crippen LogP contribution in [0.4, 0.5) is 31.8 Å². The Morgan fingerprint density at radius 2 is 1.76 bits per heavy atom. The van der Waals surface area contributed by atoms with Crippen LogP contribution in [-0.2, 0) is 4.84 Å². The quantitative estimate of drug-likeness (QED) is 0.443. The molecule has 2 aromatic carbocycles. The van der Waals surface area contributed by atoms with E-state index < -0.39 is 17.7 Å². The van der Waals surface area contributed by atoms with Crippen molar-refractivity contribution in [1.82, 2.24) is 19.8 Å². The van der Waals surface area contributed by atoms with Gasteiger partial charge in [0.05, 0.1) is 25.4 Å². The number of aromatic nitrogens is 2. The number of piperazine rings is 1. The topological polar surface area (TPSA) is 69.2 Å². The van der Waals surface area contributed by atoms with E-state index in [2.05, 4.69) is 49.2 Å². The molecule has 1 atom stereocenters. The molecule has 0 aliphatic carbocycles. The second-order valence-electron chi connectivity index (χ2n) is 10.9. The van der Waals surface area contributed by atoms with Crippen LogP contribution in [0.15, 0.2) is 48.8 Å². The fourth-order valence-corrected chi connectivity index (χ4v) is 6.09. The van der Waals surface area contributed by atoms with Gasteiger partial charge in [-0.15, -0.1) is 0 Å². The predicted octanol–water partition coefficient (Wildman–Crippen LogP) is 4.61. The number of anilines is 4. The summed E-state index contributed by atoms with van der Waals surface area (Å²) in [6.45, 7) is 7.03. The largest absolute Gasteiger partial charge is 0.494 e. The maximum atomic E-state index is 14.6. The van der Waals surface area contributed by atoms with Gasteiger partial charge in [0.2, 0.25) is 0 Å². The number of hydroxylamine groups is 1. The number of methoxy groups -OCH3 is 1. The molecule has 3 saturated heterocycles. The van der Waals surface area contributed by atoms with E-state index in [4.69, 9.17) is 9.57 Å². The number of hydrogen-bond donors (Lipinski definition) is 1. The van der Waals surface area contributed by atoms with Crippen molar-refractivity contribution in [2.75, 3.05) is 75.3 Å². The SMILES string of the molecule is COc1cc(N2CCC(N3CCN(C)CC3)CC2)ccc1Nc1cc(N2OCCC2c2cccc(F)c2F)ncn1. The van der Waals surface area contributed by atoms with Crippen LogP contribution in [0, 0.1) is 11.6 Å². The number of ether oxygens (including phenoxy) is 1. The molecule has 1 unspecified atom stereocenters. The average Bonchev–Trinajstić information content (AvgIpc) is 3.49. The third kappa shape index (κ3) is 5.93. The van der Waals surface area contributed by atoms with Gasteiger partial charge < -0.3 is 19.9 Å². The van der Waals surface area contributed by atoms with E-state index in [0.29, 0.717) is 36.5 Å². The van der Waals surface area contributed by atoms with Crippen molar-refractivity contribution >= 4 is 23.0 Å². The predicted molar refractivity (Wildman–Crippen MR) is 155 cm³/mol. The molecule has 4 heterocycles. The molecule has 3 aliphatic rings. The average molecular weight is 566 g/mol. The van der Waals surface area contributed by atoms with Gasteiger partial charge in [-0.05, 0) is 38.1 Å². The van der Waals surface area contributed by atoms with E-state index in [0.717, 1.165) is 69.6 Å². The summed E-state index contributed by atoms with van der Waals surface area (Å²) in [6.07, 6.45) is 4.25. The molecule has 0 amide bonds. The third-order valence-corrected chi connectivity index (χ3v) is 8.46. The molecular formula is C30H37F2N7O2. The van der Waals surface area contributed by atoms with Crippen LogP contribution in [0.3, 0.4) is 0 Å². The lowest BCUT2D eigenvalue weighted by molar-refractivity contribution is 0.0982. The Labute approximate surface area is 239 Å². The van der Waals surface area contributed by atoms with Crippen molar-refractivity contribution in [3.8, 4) is 5.75 Å². The Hall–Kier alpha value is -3.54. The number of nitrogens with one attached hydrogen (secondary N) is 1. The molecule has 9 nitrogen and oxygen atoms in total. The molecule has 6 rings (SSSR count). The summed E-state index contributed by atoms with van der Waals surface area (Å²) in [7, 11) is 3.86. The molecule has 0 saturated carbocycles. The van der Waals surface area contributed by atoms with Crippen molar-refractivity contribution in [2.45, 2.75) is 31.3 Å². The molecule has 41 heavy (non-hydrogen) atoms.